The molecule has 0 spiro atoms. The molecule has 0 bridgehead atoms. The molecule has 19 heavy (non-hydrogen) atoms. The van der Waals surface area contributed by atoms with E-state index in [4.69, 9.17) is 0 Å². The highest BCUT2D eigenvalue weighted by molar-refractivity contribution is 9.10. The van der Waals surface area contributed by atoms with Gasteiger partial charge in [-0.15, -0.1) is 0 Å². The lowest BCUT2D eigenvalue weighted by molar-refractivity contribution is 0.618. The first-order chi connectivity index (χ1) is 9.02. The number of halogens is 2. The second-order valence-corrected chi connectivity index (χ2v) is 5.18. The molecule has 0 saturated carbocycles. The van der Waals surface area contributed by atoms with Crippen molar-refractivity contribution < 1.29 is 4.39 Å². The quantitative estimate of drug-likeness (QED) is 0.937. The molecule has 0 fully saturated rings. The lowest BCUT2D eigenvalue weighted by Gasteiger charge is -2.07. The minimum Gasteiger partial charge on any atom is -0.306 e. The first-order valence-electron chi connectivity index (χ1n) is 6.08. The highest BCUT2D eigenvalue weighted by Gasteiger charge is 2.10. The van der Waals surface area contributed by atoms with Gasteiger partial charge in [-0.25, -0.2) is 9.37 Å². The Balaban J connectivity index is 2.56. The molecule has 0 amide bonds. The van der Waals surface area contributed by atoms with Gasteiger partial charge in [-0.2, -0.15) is 0 Å². The Morgan fingerprint density at radius 2 is 2.16 bits per heavy atom. The van der Waals surface area contributed by atoms with Gasteiger partial charge >= 0.3 is 0 Å². The number of aromatic nitrogens is 2. The summed E-state index contributed by atoms with van der Waals surface area (Å²) in [5.74, 6) is 0.205. The number of benzene rings is 1. The number of rotatable bonds is 3. The van der Waals surface area contributed by atoms with Gasteiger partial charge in [0.25, 0.3) is 5.56 Å². The molecular weight excluding hydrogens is 311 g/mol. The van der Waals surface area contributed by atoms with Gasteiger partial charge in [0.1, 0.15) is 16.1 Å². The number of aromatic amines is 1. The first-order valence-corrected chi connectivity index (χ1v) is 6.87. The molecule has 1 aromatic carbocycles. The van der Waals surface area contributed by atoms with Gasteiger partial charge in [0.15, 0.2) is 0 Å². The van der Waals surface area contributed by atoms with Crippen LogP contribution in [-0.4, -0.2) is 9.97 Å². The molecule has 100 valence electrons. The number of H-pyrrole nitrogens is 1. The average Bonchev–Trinajstić information content (AvgIpc) is 2.38. The van der Waals surface area contributed by atoms with Crippen molar-refractivity contribution in [1.29, 1.82) is 0 Å². The number of nitrogens with zero attached hydrogens (tertiary/aromatic N) is 1. The summed E-state index contributed by atoms with van der Waals surface area (Å²) >= 11 is 3.25. The SMILES string of the molecule is CCCc1nc(-c2ccc(F)c(C)c2)[nH]c(=O)c1Br. The van der Waals surface area contributed by atoms with E-state index in [2.05, 4.69) is 25.9 Å². The summed E-state index contributed by atoms with van der Waals surface area (Å²) in [6, 6.07) is 4.67. The maximum Gasteiger partial charge on any atom is 0.265 e. The standard InChI is InChI=1S/C14H14BrFN2O/c1-3-4-11-12(15)14(19)18-13(17-11)9-5-6-10(16)8(2)7-9/h5-7H,3-4H2,1-2H3,(H,17,18,19). The van der Waals surface area contributed by atoms with Crippen molar-refractivity contribution in [2.24, 2.45) is 0 Å². The fraction of sp³-hybridized carbons (Fsp3) is 0.286. The normalized spacial score (nSPS) is 10.7. The Morgan fingerprint density at radius 1 is 1.42 bits per heavy atom. The van der Waals surface area contributed by atoms with Crippen LogP contribution in [0, 0.1) is 12.7 Å². The fourth-order valence-electron chi connectivity index (χ4n) is 1.84. The summed E-state index contributed by atoms with van der Waals surface area (Å²) < 4.78 is 13.7. The van der Waals surface area contributed by atoms with Gasteiger partial charge in [-0.3, -0.25) is 4.79 Å². The molecule has 0 saturated heterocycles. The second-order valence-electron chi connectivity index (χ2n) is 4.39. The minimum atomic E-state index is -0.267. The molecule has 0 atom stereocenters. The predicted octanol–water partition coefficient (Wildman–Crippen LogP) is 3.60. The van der Waals surface area contributed by atoms with Crippen LogP contribution in [0.1, 0.15) is 24.6 Å². The van der Waals surface area contributed by atoms with Crippen LogP contribution in [0.3, 0.4) is 0 Å². The third-order valence-corrected chi connectivity index (χ3v) is 3.67. The third-order valence-electron chi connectivity index (χ3n) is 2.85. The van der Waals surface area contributed by atoms with Crippen LogP contribution in [0.25, 0.3) is 11.4 Å². The Bertz CT molecular complexity index is 667. The van der Waals surface area contributed by atoms with E-state index in [9.17, 15) is 9.18 Å². The maximum absolute atomic E-state index is 13.3. The van der Waals surface area contributed by atoms with Crippen molar-refractivity contribution in [3.8, 4) is 11.4 Å². The molecule has 3 nitrogen and oxygen atoms in total. The van der Waals surface area contributed by atoms with Crippen LogP contribution < -0.4 is 5.56 Å². The smallest absolute Gasteiger partial charge is 0.265 e. The summed E-state index contributed by atoms with van der Waals surface area (Å²) in [6.45, 7) is 3.71. The molecule has 0 aliphatic heterocycles. The second kappa shape index (κ2) is 5.65. The van der Waals surface area contributed by atoms with Crippen LogP contribution in [0.2, 0.25) is 0 Å². The van der Waals surface area contributed by atoms with Crippen molar-refractivity contribution >= 4 is 15.9 Å². The van der Waals surface area contributed by atoms with Gasteiger partial charge in [0.05, 0.1) is 5.69 Å². The van der Waals surface area contributed by atoms with Gasteiger partial charge < -0.3 is 4.98 Å². The van der Waals surface area contributed by atoms with Crippen molar-refractivity contribution in [2.75, 3.05) is 0 Å². The molecule has 2 rings (SSSR count). The number of nitrogens with one attached hydrogen (secondary N) is 1. The van der Waals surface area contributed by atoms with E-state index >= 15 is 0 Å². The van der Waals surface area contributed by atoms with E-state index in [1.807, 2.05) is 6.92 Å². The molecule has 0 radical (unpaired) electrons. The molecule has 2 aromatic rings. The Morgan fingerprint density at radius 3 is 2.79 bits per heavy atom. The summed E-state index contributed by atoms with van der Waals surface area (Å²) in [5.41, 5.74) is 1.75. The molecule has 1 N–H and O–H groups in total. The van der Waals surface area contributed by atoms with E-state index < -0.39 is 0 Å². The molecule has 1 aromatic heterocycles. The van der Waals surface area contributed by atoms with Crippen molar-refractivity contribution in [3.63, 3.8) is 0 Å². The largest absolute Gasteiger partial charge is 0.306 e. The molecule has 0 aliphatic rings. The van der Waals surface area contributed by atoms with Gasteiger partial charge in [0, 0.05) is 5.56 Å². The van der Waals surface area contributed by atoms with E-state index in [1.165, 1.54) is 6.07 Å². The highest BCUT2D eigenvalue weighted by Crippen LogP contribution is 2.20. The Hall–Kier alpha value is -1.49. The van der Waals surface area contributed by atoms with E-state index in [1.54, 1.807) is 19.1 Å². The predicted molar refractivity (Wildman–Crippen MR) is 76.7 cm³/mol. The van der Waals surface area contributed by atoms with Crippen molar-refractivity contribution in [1.82, 2.24) is 9.97 Å². The zero-order valence-corrected chi connectivity index (χ0v) is 12.3. The van der Waals surface area contributed by atoms with Crippen molar-refractivity contribution in [2.45, 2.75) is 26.7 Å². The summed E-state index contributed by atoms with van der Waals surface area (Å²) in [7, 11) is 0. The highest BCUT2D eigenvalue weighted by atomic mass is 79.9. The van der Waals surface area contributed by atoms with Crippen LogP contribution in [0.15, 0.2) is 27.5 Å². The fourth-order valence-corrected chi connectivity index (χ4v) is 2.22. The average molecular weight is 325 g/mol. The van der Waals surface area contributed by atoms with E-state index in [0.29, 0.717) is 21.4 Å². The lowest BCUT2D eigenvalue weighted by atomic mass is 10.1. The maximum atomic E-state index is 13.3. The number of aryl methyl sites for hydroxylation is 2. The zero-order valence-electron chi connectivity index (χ0n) is 10.8. The van der Waals surface area contributed by atoms with Crippen LogP contribution in [-0.2, 0) is 6.42 Å². The van der Waals surface area contributed by atoms with Gasteiger partial charge in [0.2, 0.25) is 0 Å². The minimum absolute atomic E-state index is 0.213. The van der Waals surface area contributed by atoms with E-state index in [-0.39, 0.29) is 11.4 Å². The zero-order chi connectivity index (χ0) is 14.0. The lowest BCUT2D eigenvalue weighted by Crippen LogP contribution is -2.13. The Kier molecular flexibility index (Phi) is 4.14. The Labute approximate surface area is 119 Å². The summed E-state index contributed by atoms with van der Waals surface area (Å²) in [4.78, 5) is 19.0. The first kappa shape index (κ1) is 13.9. The summed E-state index contributed by atoms with van der Waals surface area (Å²) in [5, 5.41) is 0. The van der Waals surface area contributed by atoms with Gasteiger partial charge in [-0.05, 0) is 53.0 Å². The van der Waals surface area contributed by atoms with Crippen LogP contribution in [0.5, 0.6) is 0 Å². The monoisotopic (exact) mass is 324 g/mol. The van der Waals surface area contributed by atoms with Crippen molar-refractivity contribution in [3.05, 3.63) is 50.1 Å². The molecule has 1 heterocycles. The number of hydrogen-bond acceptors (Lipinski definition) is 2. The van der Waals surface area contributed by atoms with Gasteiger partial charge in [-0.1, -0.05) is 13.3 Å². The number of hydrogen-bond donors (Lipinski definition) is 1. The molecule has 0 unspecified atom stereocenters. The topological polar surface area (TPSA) is 45.8 Å². The molecule has 5 heteroatoms. The van der Waals surface area contributed by atoms with Crippen LogP contribution in [0.4, 0.5) is 4.39 Å². The van der Waals surface area contributed by atoms with E-state index in [0.717, 1.165) is 18.5 Å². The molecular formula is C14H14BrFN2O. The third kappa shape index (κ3) is 2.92. The molecule has 0 aliphatic carbocycles. The summed E-state index contributed by atoms with van der Waals surface area (Å²) in [6.07, 6.45) is 1.62. The van der Waals surface area contributed by atoms with Crippen LogP contribution >= 0.6 is 15.9 Å².